The van der Waals surface area contributed by atoms with E-state index in [2.05, 4.69) is 20.8 Å². The van der Waals surface area contributed by atoms with E-state index in [1.165, 1.54) is 141 Å². The third-order valence-corrected chi connectivity index (χ3v) is 6.20. The number of aliphatic carboxylic acids is 1. The molecule has 0 aliphatic heterocycles. The summed E-state index contributed by atoms with van der Waals surface area (Å²) in [4.78, 5) is 10.4. The number of hydrogen-bond donors (Lipinski definition) is 1. The van der Waals surface area contributed by atoms with E-state index in [4.69, 9.17) is 5.11 Å². The van der Waals surface area contributed by atoms with Crippen molar-refractivity contribution in [3.63, 3.8) is 0 Å². The first-order valence-corrected chi connectivity index (χ1v) is 14.4. The van der Waals surface area contributed by atoms with Gasteiger partial charge in [0.25, 0.3) is 0 Å². The van der Waals surface area contributed by atoms with Crippen molar-refractivity contribution in [1.82, 2.24) is 0 Å². The maximum Gasteiger partial charge on any atom is 0.303 e. The van der Waals surface area contributed by atoms with Crippen LogP contribution in [0.15, 0.2) is 0 Å². The highest BCUT2D eigenvalue weighted by Crippen LogP contribution is 2.14. The predicted molar refractivity (Wildman–Crippen MR) is 140 cm³/mol. The Kier molecular flexibility index (Phi) is 33.3. The summed E-state index contributed by atoms with van der Waals surface area (Å²) in [7, 11) is 0. The van der Waals surface area contributed by atoms with Crippen LogP contribution in [0, 0.1) is 0 Å². The van der Waals surface area contributed by atoms with Crippen LogP contribution in [0.4, 0.5) is 0 Å². The lowest BCUT2D eigenvalue weighted by molar-refractivity contribution is -0.137. The predicted octanol–water partition coefficient (Wildman–Crippen LogP) is 10.9. The molecular formula is C29H60O2. The second kappa shape index (κ2) is 31.7. The smallest absolute Gasteiger partial charge is 0.303 e. The lowest BCUT2D eigenvalue weighted by atomic mass is 10.0. The van der Waals surface area contributed by atoms with Crippen LogP contribution < -0.4 is 0 Å². The van der Waals surface area contributed by atoms with Crippen LogP contribution in [0.5, 0.6) is 0 Å². The Balaban J connectivity index is 0. The van der Waals surface area contributed by atoms with E-state index in [1.54, 1.807) is 0 Å². The van der Waals surface area contributed by atoms with Crippen LogP contribution in [-0.2, 0) is 4.79 Å². The van der Waals surface area contributed by atoms with Crippen molar-refractivity contribution in [2.45, 2.75) is 181 Å². The third kappa shape index (κ3) is 37.1. The molecule has 0 aliphatic carbocycles. The minimum Gasteiger partial charge on any atom is -0.481 e. The maximum absolute atomic E-state index is 10.4. The number of hydrogen-bond acceptors (Lipinski definition) is 1. The second-order valence-corrected chi connectivity index (χ2v) is 9.57. The largest absolute Gasteiger partial charge is 0.481 e. The molecule has 0 aromatic carbocycles. The molecule has 0 saturated heterocycles. The molecule has 0 bridgehead atoms. The third-order valence-electron chi connectivity index (χ3n) is 6.20. The summed E-state index contributed by atoms with van der Waals surface area (Å²) in [5, 5.41) is 8.56. The Morgan fingerprint density at radius 1 is 0.387 bits per heavy atom. The molecule has 0 aromatic heterocycles. The summed E-state index contributed by atoms with van der Waals surface area (Å²) in [5.41, 5.74) is 0. The standard InChI is InChI=1S/C22H44O2.C7H16/c1-2-3-4-5-6-7-8-9-10-11-12-13-14-15-16-17-18-19-20-21-22(23)24;1-3-5-7-6-4-2/h2-21H2,1H3,(H,23,24);3-7H2,1-2H3. The van der Waals surface area contributed by atoms with Gasteiger partial charge in [0, 0.05) is 6.42 Å². The fourth-order valence-electron chi connectivity index (χ4n) is 4.03. The molecular weight excluding hydrogens is 380 g/mol. The highest BCUT2D eigenvalue weighted by atomic mass is 16.4. The SMILES string of the molecule is CCCCCCC.CCCCCCCCCCCCCCCCCCCCCC(=O)O. The van der Waals surface area contributed by atoms with Gasteiger partial charge in [0.2, 0.25) is 0 Å². The molecule has 0 saturated carbocycles. The first kappa shape index (κ1) is 32.6. The summed E-state index contributed by atoms with van der Waals surface area (Å²) in [6.07, 6.45) is 33.1. The van der Waals surface area contributed by atoms with Gasteiger partial charge in [-0.2, -0.15) is 0 Å². The van der Waals surface area contributed by atoms with Crippen molar-refractivity contribution in [2.24, 2.45) is 0 Å². The van der Waals surface area contributed by atoms with Crippen molar-refractivity contribution in [1.29, 1.82) is 0 Å². The normalized spacial score (nSPS) is 10.7. The molecule has 0 heterocycles. The number of rotatable bonds is 24. The Hall–Kier alpha value is -0.530. The van der Waals surface area contributed by atoms with Gasteiger partial charge in [0.05, 0.1) is 0 Å². The molecule has 1 N–H and O–H groups in total. The molecule has 0 spiro atoms. The van der Waals surface area contributed by atoms with Gasteiger partial charge < -0.3 is 5.11 Å². The average Bonchev–Trinajstić information content (AvgIpc) is 2.76. The monoisotopic (exact) mass is 440 g/mol. The zero-order valence-electron chi connectivity index (χ0n) is 22.0. The van der Waals surface area contributed by atoms with E-state index >= 15 is 0 Å². The molecule has 0 rings (SSSR count). The van der Waals surface area contributed by atoms with Crippen LogP contribution in [0.3, 0.4) is 0 Å². The summed E-state index contributed by atoms with van der Waals surface area (Å²) in [5.74, 6) is -0.651. The summed E-state index contributed by atoms with van der Waals surface area (Å²) in [6, 6.07) is 0. The van der Waals surface area contributed by atoms with Crippen LogP contribution in [0.2, 0.25) is 0 Å². The van der Waals surface area contributed by atoms with Gasteiger partial charge in [-0.1, -0.05) is 168 Å². The van der Waals surface area contributed by atoms with Gasteiger partial charge in [-0.15, -0.1) is 0 Å². The summed E-state index contributed by atoms with van der Waals surface area (Å²) in [6.45, 7) is 6.77. The Bertz CT molecular complexity index is 310. The molecule has 2 heteroatoms. The van der Waals surface area contributed by atoms with Gasteiger partial charge >= 0.3 is 5.97 Å². The molecule has 0 radical (unpaired) electrons. The quantitative estimate of drug-likeness (QED) is 0.151. The van der Waals surface area contributed by atoms with Gasteiger partial charge in [-0.3, -0.25) is 4.79 Å². The molecule has 0 aromatic rings. The van der Waals surface area contributed by atoms with E-state index in [1.807, 2.05) is 0 Å². The van der Waals surface area contributed by atoms with Crippen molar-refractivity contribution in [2.75, 3.05) is 0 Å². The number of carbonyl (C=O) groups is 1. The zero-order chi connectivity index (χ0) is 23.3. The van der Waals surface area contributed by atoms with Gasteiger partial charge in [-0.25, -0.2) is 0 Å². The van der Waals surface area contributed by atoms with E-state index < -0.39 is 5.97 Å². The van der Waals surface area contributed by atoms with Crippen molar-refractivity contribution in [3.8, 4) is 0 Å². The van der Waals surface area contributed by atoms with E-state index in [0.717, 1.165) is 12.8 Å². The van der Waals surface area contributed by atoms with E-state index in [0.29, 0.717) is 6.42 Å². The molecule has 188 valence electrons. The first-order chi connectivity index (χ1) is 15.2. The molecule has 0 atom stereocenters. The Morgan fingerprint density at radius 2 is 0.581 bits per heavy atom. The van der Waals surface area contributed by atoms with Crippen LogP contribution in [-0.4, -0.2) is 11.1 Å². The van der Waals surface area contributed by atoms with Gasteiger partial charge in [-0.05, 0) is 6.42 Å². The minimum atomic E-state index is -0.651. The van der Waals surface area contributed by atoms with Crippen LogP contribution >= 0.6 is 0 Å². The van der Waals surface area contributed by atoms with Gasteiger partial charge in [0.1, 0.15) is 0 Å². The van der Waals surface area contributed by atoms with Crippen molar-refractivity contribution >= 4 is 5.97 Å². The Morgan fingerprint density at radius 3 is 0.806 bits per heavy atom. The van der Waals surface area contributed by atoms with Crippen LogP contribution in [0.1, 0.15) is 181 Å². The highest BCUT2D eigenvalue weighted by Gasteiger charge is 1.97. The topological polar surface area (TPSA) is 37.3 Å². The minimum absolute atomic E-state index is 0.346. The summed E-state index contributed by atoms with van der Waals surface area (Å²) >= 11 is 0. The lowest BCUT2D eigenvalue weighted by Crippen LogP contribution is -1.93. The molecule has 0 unspecified atom stereocenters. The second-order valence-electron chi connectivity index (χ2n) is 9.57. The lowest BCUT2D eigenvalue weighted by Gasteiger charge is -2.03. The maximum atomic E-state index is 10.4. The van der Waals surface area contributed by atoms with Crippen molar-refractivity contribution in [3.05, 3.63) is 0 Å². The van der Waals surface area contributed by atoms with Crippen LogP contribution in [0.25, 0.3) is 0 Å². The number of carboxylic acids is 1. The van der Waals surface area contributed by atoms with Crippen molar-refractivity contribution < 1.29 is 9.90 Å². The van der Waals surface area contributed by atoms with E-state index in [9.17, 15) is 4.79 Å². The Labute approximate surface area is 197 Å². The summed E-state index contributed by atoms with van der Waals surface area (Å²) < 4.78 is 0. The number of unbranched alkanes of at least 4 members (excludes halogenated alkanes) is 22. The molecule has 0 aliphatic rings. The average molecular weight is 441 g/mol. The fraction of sp³-hybridized carbons (Fsp3) is 0.966. The van der Waals surface area contributed by atoms with Gasteiger partial charge in [0.15, 0.2) is 0 Å². The first-order valence-electron chi connectivity index (χ1n) is 14.4. The number of carboxylic acid groups (broad SMARTS) is 1. The molecule has 0 fully saturated rings. The molecule has 2 nitrogen and oxygen atoms in total. The zero-order valence-corrected chi connectivity index (χ0v) is 22.0. The van der Waals surface area contributed by atoms with E-state index in [-0.39, 0.29) is 0 Å². The molecule has 0 amide bonds. The molecule has 31 heavy (non-hydrogen) atoms. The highest BCUT2D eigenvalue weighted by molar-refractivity contribution is 5.66. The fourth-order valence-corrected chi connectivity index (χ4v) is 4.03.